The Labute approximate surface area is 182 Å². The van der Waals surface area contributed by atoms with Gasteiger partial charge in [-0.25, -0.2) is 0 Å². The lowest BCUT2D eigenvalue weighted by molar-refractivity contribution is -0.144. The molecule has 1 aliphatic heterocycles. The van der Waals surface area contributed by atoms with Crippen LogP contribution in [-0.4, -0.2) is 10.3 Å². The Morgan fingerprint density at radius 1 is 0.667 bits per heavy atom. The van der Waals surface area contributed by atoms with Gasteiger partial charge in [-0.15, -0.1) is 0 Å². The van der Waals surface area contributed by atoms with Gasteiger partial charge in [-0.05, 0) is 77.1 Å². The summed E-state index contributed by atoms with van der Waals surface area (Å²) in [7, 11) is 0. The van der Waals surface area contributed by atoms with E-state index >= 15 is 0 Å². The summed E-state index contributed by atoms with van der Waals surface area (Å²) in [6, 6.07) is 24.5. The molecule has 5 rings (SSSR count). The Morgan fingerprint density at radius 3 is 1.63 bits per heavy atom. The summed E-state index contributed by atoms with van der Waals surface area (Å²) >= 11 is 6.16. The second-order valence-electron chi connectivity index (χ2n) is 8.34. The normalized spacial score (nSPS) is 18.7. The first kappa shape index (κ1) is 19.3. The van der Waals surface area contributed by atoms with Gasteiger partial charge in [-0.3, -0.25) is 0 Å². The average Bonchev–Trinajstić information content (AvgIpc) is 2.74. The van der Waals surface area contributed by atoms with E-state index in [0.29, 0.717) is 5.02 Å². The highest BCUT2D eigenvalue weighted by atomic mass is 35.5. The second-order valence-corrected chi connectivity index (χ2v) is 8.77. The minimum absolute atomic E-state index is 0.246. The van der Waals surface area contributed by atoms with E-state index in [9.17, 15) is 5.21 Å². The number of rotatable bonds is 2. The van der Waals surface area contributed by atoms with Crippen molar-refractivity contribution in [3.05, 3.63) is 117 Å². The number of hydrogen-bond donors (Lipinski definition) is 1. The van der Waals surface area contributed by atoms with Crippen molar-refractivity contribution >= 4 is 22.4 Å². The molecule has 0 radical (unpaired) electrons. The quantitative estimate of drug-likeness (QED) is 0.372. The summed E-state index contributed by atoms with van der Waals surface area (Å²) in [5, 5.41) is 16.4. The Morgan fingerprint density at radius 2 is 1.13 bits per heavy atom. The molecule has 0 unspecified atom stereocenters. The van der Waals surface area contributed by atoms with Crippen molar-refractivity contribution in [1.82, 2.24) is 5.06 Å². The van der Waals surface area contributed by atoms with Crippen molar-refractivity contribution in [2.75, 3.05) is 0 Å². The van der Waals surface area contributed by atoms with Gasteiger partial charge in [0.15, 0.2) is 0 Å². The molecule has 30 heavy (non-hydrogen) atoms. The van der Waals surface area contributed by atoms with Crippen LogP contribution in [0.2, 0.25) is 5.02 Å². The van der Waals surface area contributed by atoms with Gasteiger partial charge in [-0.1, -0.05) is 77.8 Å². The van der Waals surface area contributed by atoms with E-state index in [-0.39, 0.29) is 12.1 Å². The molecule has 1 heterocycles. The minimum atomic E-state index is -0.272. The maximum Gasteiger partial charge on any atom is 0.0869 e. The van der Waals surface area contributed by atoms with Crippen LogP contribution in [0.25, 0.3) is 10.8 Å². The van der Waals surface area contributed by atoms with E-state index in [4.69, 9.17) is 11.6 Å². The van der Waals surface area contributed by atoms with E-state index in [1.165, 1.54) is 43.7 Å². The van der Waals surface area contributed by atoms with Crippen LogP contribution in [0.15, 0.2) is 72.8 Å². The summed E-state index contributed by atoms with van der Waals surface area (Å²) in [5.74, 6) is 0. The van der Waals surface area contributed by atoms with Gasteiger partial charge in [0.1, 0.15) is 0 Å². The highest BCUT2D eigenvalue weighted by Crippen LogP contribution is 2.49. The number of nitrogens with zero attached hydrogens (tertiary/aromatic N) is 1. The van der Waals surface area contributed by atoms with Gasteiger partial charge in [0, 0.05) is 5.02 Å². The van der Waals surface area contributed by atoms with Crippen molar-refractivity contribution < 1.29 is 5.21 Å². The molecular weight excluding hydrogens is 390 g/mol. The zero-order valence-electron chi connectivity index (χ0n) is 17.4. The highest BCUT2D eigenvalue weighted by molar-refractivity contribution is 6.30. The van der Waals surface area contributed by atoms with Crippen molar-refractivity contribution in [2.45, 2.75) is 32.9 Å². The standard InChI is InChI=1S/C27H24ClNO/c1-16-4-8-20(9-5-16)26-23-17(2)6-10-19-11-7-18(3)24(25(19)23)27(29(26)30)21-12-14-22(28)15-13-21/h4-15,26-27,30H,1-3H3/t26-,27-/m0/s1. The molecule has 2 nitrogen and oxygen atoms in total. The molecule has 1 N–H and O–H groups in total. The maximum absolute atomic E-state index is 11.7. The van der Waals surface area contributed by atoms with E-state index in [2.05, 4.69) is 69.3 Å². The number of hydroxylamine groups is 2. The molecule has 0 amide bonds. The van der Waals surface area contributed by atoms with Crippen LogP contribution >= 0.6 is 11.6 Å². The van der Waals surface area contributed by atoms with Gasteiger partial charge >= 0.3 is 0 Å². The predicted octanol–water partition coefficient (Wildman–Crippen LogP) is 7.30. The van der Waals surface area contributed by atoms with Crippen molar-refractivity contribution in [3.63, 3.8) is 0 Å². The third-order valence-electron chi connectivity index (χ3n) is 6.36. The monoisotopic (exact) mass is 413 g/mol. The Balaban J connectivity index is 1.86. The fraction of sp³-hybridized carbons (Fsp3) is 0.185. The largest absolute Gasteiger partial charge is 0.312 e. The van der Waals surface area contributed by atoms with E-state index < -0.39 is 0 Å². The molecule has 4 aromatic rings. The molecule has 150 valence electrons. The predicted molar refractivity (Wildman–Crippen MR) is 123 cm³/mol. The fourth-order valence-electron chi connectivity index (χ4n) is 4.83. The lowest BCUT2D eigenvalue weighted by Crippen LogP contribution is -2.36. The second kappa shape index (κ2) is 7.24. The molecule has 0 saturated carbocycles. The van der Waals surface area contributed by atoms with Crippen LogP contribution in [0.5, 0.6) is 0 Å². The highest BCUT2D eigenvalue weighted by Gasteiger charge is 2.38. The Kier molecular flexibility index (Phi) is 4.67. The van der Waals surface area contributed by atoms with Gasteiger partial charge in [-0.2, -0.15) is 5.06 Å². The minimum Gasteiger partial charge on any atom is -0.312 e. The fourth-order valence-corrected chi connectivity index (χ4v) is 4.96. The van der Waals surface area contributed by atoms with E-state index in [1.807, 2.05) is 24.3 Å². The first-order valence-electron chi connectivity index (χ1n) is 10.3. The molecule has 4 aromatic carbocycles. The number of benzene rings is 4. The molecular formula is C27H24ClNO. The Bertz CT molecular complexity index is 1150. The molecule has 0 saturated heterocycles. The molecule has 0 aromatic heterocycles. The van der Waals surface area contributed by atoms with E-state index in [0.717, 1.165) is 11.1 Å². The zero-order valence-corrected chi connectivity index (χ0v) is 18.1. The lowest BCUT2D eigenvalue weighted by atomic mass is 9.78. The molecule has 0 fully saturated rings. The summed E-state index contributed by atoms with van der Waals surface area (Å²) < 4.78 is 0. The van der Waals surface area contributed by atoms with Crippen LogP contribution in [0.1, 0.15) is 51.0 Å². The number of hydrogen-bond acceptors (Lipinski definition) is 2. The molecule has 0 spiro atoms. The van der Waals surface area contributed by atoms with Crippen molar-refractivity contribution in [1.29, 1.82) is 0 Å². The first-order chi connectivity index (χ1) is 14.5. The van der Waals surface area contributed by atoms with Gasteiger partial charge < -0.3 is 5.21 Å². The summed E-state index contributed by atoms with van der Waals surface area (Å²) in [5.41, 5.74) is 8.04. The average molecular weight is 414 g/mol. The van der Waals surface area contributed by atoms with Crippen molar-refractivity contribution in [2.24, 2.45) is 0 Å². The molecule has 2 atom stereocenters. The number of aryl methyl sites for hydroxylation is 3. The summed E-state index contributed by atoms with van der Waals surface area (Å²) in [6.45, 7) is 6.35. The number of halogens is 1. The SMILES string of the molecule is Cc1ccc([C@H]2c3c(C)ccc4ccc(C)c(c34)[C@H](c3ccc(Cl)cc3)N2O)cc1. The van der Waals surface area contributed by atoms with Crippen LogP contribution in [0.4, 0.5) is 0 Å². The Hall–Kier alpha value is -2.65. The van der Waals surface area contributed by atoms with Gasteiger partial charge in [0.25, 0.3) is 0 Å². The molecule has 1 aliphatic rings. The first-order valence-corrected chi connectivity index (χ1v) is 10.7. The third kappa shape index (κ3) is 2.95. The van der Waals surface area contributed by atoms with Crippen LogP contribution in [0.3, 0.4) is 0 Å². The zero-order chi connectivity index (χ0) is 21.0. The van der Waals surface area contributed by atoms with Crippen LogP contribution in [-0.2, 0) is 0 Å². The topological polar surface area (TPSA) is 23.5 Å². The maximum atomic E-state index is 11.7. The van der Waals surface area contributed by atoms with Crippen molar-refractivity contribution in [3.8, 4) is 0 Å². The summed E-state index contributed by atoms with van der Waals surface area (Å²) in [6.07, 6.45) is 0. The van der Waals surface area contributed by atoms with Crippen LogP contribution in [0, 0.1) is 20.8 Å². The lowest BCUT2D eigenvalue weighted by Gasteiger charge is -2.41. The molecule has 0 aliphatic carbocycles. The summed E-state index contributed by atoms with van der Waals surface area (Å²) in [4.78, 5) is 0. The third-order valence-corrected chi connectivity index (χ3v) is 6.61. The van der Waals surface area contributed by atoms with E-state index in [1.54, 1.807) is 0 Å². The molecule has 3 heteroatoms. The van der Waals surface area contributed by atoms with Gasteiger partial charge in [0.2, 0.25) is 0 Å². The smallest absolute Gasteiger partial charge is 0.0869 e. The molecule has 0 bridgehead atoms. The van der Waals surface area contributed by atoms with Crippen LogP contribution < -0.4 is 0 Å². The van der Waals surface area contributed by atoms with Gasteiger partial charge in [0.05, 0.1) is 12.1 Å².